The molecule has 0 heterocycles. The molecule has 0 bridgehead atoms. The summed E-state index contributed by atoms with van der Waals surface area (Å²) in [5.41, 5.74) is 0. The molecule has 0 aromatic heterocycles. The Balaban J connectivity index is 0.00000484. The summed E-state index contributed by atoms with van der Waals surface area (Å²) in [5.74, 6) is 0.409. The van der Waals surface area contributed by atoms with Crippen molar-refractivity contribution in [2.45, 2.75) is 76.9 Å². The van der Waals surface area contributed by atoms with Crippen LogP contribution in [0.25, 0.3) is 0 Å². The van der Waals surface area contributed by atoms with Gasteiger partial charge in [0.05, 0.1) is 5.25 Å². The van der Waals surface area contributed by atoms with Crippen LogP contribution in [0.4, 0.5) is 0 Å². The fraction of sp³-hybridized carbons (Fsp3) is 0.667. The fourth-order valence-corrected chi connectivity index (χ4v) is 4.08. The Morgan fingerprint density at radius 3 is 2.09 bits per heavy atom. The van der Waals surface area contributed by atoms with Gasteiger partial charge in [-0.1, -0.05) is 77.0 Å². The number of hydrogen-bond donors (Lipinski definition) is 0. The monoisotopic (exact) mass is 350 g/mol. The number of rotatable bonds is 12. The van der Waals surface area contributed by atoms with Gasteiger partial charge >= 0.3 is 39.7 Å². The summed E-state index contributed by atoms with van der Waals surface area (Å²) in [6.07, 6.45) is 9.27. The van der Waals surface area contributed by atoms with Crippen molar-refractivity contribution in [2.24, 2.45) is 0 Å². The standard InChI is InChI=1S/C18H30O3S.Na.H/c1-3-5-6-7-8-12-16-18(13-4-2)22(19,20)21-17-14-10-9-11-15-17;;/h9-11,14-15,18H,3-8,12-13,16H2,1-2H3;;. The van der Waals surface area contributed by atoms with E-state index in [4.69, 9.17) is 4.18 Å². The summed E-state index contributed by atoms with van der Waals surface area (Å²) in [6.45, 7) is 4.22. The number of benzene rings is 1. The molecular formula is C18H31NaO3S. The summed E-state index contributed by atoms with van der Waals surface area (Å²) >= 11 is 0. The van der Waals surface area contributed by atoms with Crippen molar-refractivity contribution in [3.8, 4) is 5.75 Å². The van der Waals surface area contributed by atoms with E-state index in [0.29, 0.717) is 18.6 Å². The third-order valence-corrected chi connectivity index (χ3v) is 5.57. The molecule has 0 radical (unpaired) electrons. The third kappa shape index (κ3) is 9.75. The van der Waals surface area contributed by atoms with Gasteiger partial charge in [0.1, 0.15) is 5.75 Å². The first-order valence-corrected chi connectivity index (χ1v) is 10.1. The Labute approximate surface area is 164 Å². The molecule has 1 unspecified atom stereocenters. The molecule has 23 heavy (non-hydrogen) atoms. The number of para-hydroxylation sites is 1. The van der Waals surface area contributed by atoms with Gasteiger partial charge in [-0.25, -0.2) is 0 Å². The zero-order valence-electron chi connectivity index (χ0n) is 14.0. The van der Waals surface area contributed by atoms with Crippen molar-refractivity contribution in [3.05, 3.63) is 30.3 Å². The number of unbranched alkanes of at least 4 members (excludes halogenated alkanes) is 5. The van der Waals surface area contributed by atoms with Crippen molar-refractivity contribution in [3.63, 3.8) is 0 Å². The van der Waals surface area contributed by atoms with E-state index in [1.54, 1.807) is 24.3 Å². The van der Waals surface area contributed by atoms with Gasteiger partial charge < -0.3 is 4.18 Å². The van der Waals surface area contributed by atoms with Crippen molar-refractivity contribution in [1.29, 1.82) is 0 Å². The molecule has 1 atom stereocenters. The van der Waals surface area contributed by atoms with Gasteiger partial charge in [-0.3, -0.25) is 0 Å². The van der Waals surface area contributed by atoms with E-state index in [0.717, 1.165) is 19.3 Å². The van der Waals surface area contributed by atoms with Gasteiger partial charge in [0, 0.05) is 0 Å². The van der Waals surface area contributed by atoms with Crippen LogP contribution in [0, 0.1) is 0 Å². The molecule has 0 aliphatic heterocycles. The molecule has 1 rings (SSSR count). The maximum absolute atomic E-state index is 12.4. The first kappa shape index (κ1) is 23.0. The summed E-state index contributed by atoms with van der Waals surface area (Å²) in [6, 6.07) is 8.79. The Bertz CT molecular complexity index is 488. The zero-order valence-corrected chi connectivity index (χ0v) is 14.8. The minimum atomic E-state index is -3.53. The summed E-state index contributed by atoms with van der Waals surface area (Å²) in [7, 11) is -3.53. The first-order chi connectivity index (χ1) is 10.6. The van der Waals surface area contributed by atoms with E-state index < -0.39 is 10.1 Å². The second kappa shape index (κ2) is 13.3. The molecule has 128 valence electrons. The van der Waals surface area contributed by atoms with Crippen molar-refractivity contribution < 1.29 is 12.6 Å². The molecule has 3 nitrogen and oxygen atoms in total. The number of hydrogen-bond acceptors (Lipinski definition) is 3. The van der Waals surface area contributed by atoms with Crippen molar-refractivity contribution >= 4 is 39.7 Å². The van der Waals surface area contributed by atoms with E-state index in [2.05, 4.69) is 6.92 Å². The second-order valence-corrected chi connectivity index (χ2v) is 7.68. The average molecular weight is 350 g/mol. The molecule has 1 aromatic rings. The van der Waals surface area contributed by atoms with E-state index >= 15 is 0 Å². The molecule has 0 saturated carbocycles. The SMILES string of the molecule is CCCCCCCCC(CCC)S(=O)(=O)Oc1ccccc1.[NaH]. The van der Waals surface area contributed by atoms with Gasteiger partial charge in [-0.15, -0.1) is 0 Å². The molecule has 0 spiro atoms. The molecule has 0 fully saturated rings. The van der Waals surface area contributed by atoms with Gasteiger partial charge in [0.15, 0.2) is 0 Å². The van der Waals surface area contributed by atoms with Crippen LogP contribution in [-0.2, 0) is 10.1 Å². The van der Waals surface area contributed by atoms with Crippen LogP contribution >= 0.6 is 0 Å². The molecule has 0 aliphatic carbocycles. The van der Waals surface area contributed by atoms with E-state index in [1.165, 1.54) is 25.7 Å². The Kier molecular flexibility index (Phi) is 13.3. The van der Waals surface area contributed by atoms with Crippen LogP contribution in [0.3, 0.4) is 0 Å². The Morgan fingerprint density at radius 2 is 1.48 bits per heavy atom. The van der Waals surface area contributed by atoms with Gasteiger partial charge in [-0.2, -0.15) is 8.42 Å². The molecule has 5 heteroatoms. The predicted molar refractivity (Wildman–Crippen MR) is 99.8 cm³/mol. The minimum absolute atomic E-state index is 0. The molecule has 0 N–H and O–H groups in total. The van der Waals surface area contributed by atoms with Crippen LogP contribution < -0.4 is 4.18 Å². The van der Waals surface area contributed by atoms with E-state index in [9.17, 15) is 8.42 Å². The van der Waals surface area contributed by atoms with Crippen LogP contribution in [0.1, 0.15) is 71.6 Å². The van der Waals surface area contributed by atoms with Gasteiger partial charge in [0.25, 0.3) is 0 Å². The third-order valence-electron chi connectivity index (χ3n) is 3.85. The van der Waals surface area contributed by atoms with Gasteiger partial charge in [-0.05, 0) is 25.0 Å². The van der Waals surface area contributed by atoms with Crippen LogP contribution in [0.5, 0.6) is 5.75 Å². The normalized spacial score (nSPS) is 12.4. The van der Waals surface area contributed by atoms with Crippen molar-refractivity contribution in [2.75, 3.05) is 0 Å². The first-order valence-electron chi connectivity index (χ1n) is 8.58. The Hall–Kier alpha value is -0.0300. The molecule has 1 aromatic carbocycles. The van der Waals surface area contributed by atoms with E-state index in [1.807, 2.05) is 13.0 Å². The van der Waals surface area contributed by atoms with Crippen LogP contribution in [0.2, 0.25) is 0 Å². The zero-order chi connectivity index (χ0) is 16.3. The predicted octanol–water partition coefficient (Wildman–Crippen LogP) is 4.67. The maximum atomic E-state index is 12.4. The van der Waals surface area contributed by atoms with Crippen LogP contribution in [-0.4, -0.2) is 43.2 Å². The topological polar surface area (TPSA) is 43.4 Å². The molecule has 0 amide bonds. The second-order valence-electron chi connectivity index (χ2n) is 5.86. The van der Waals surface area contributed by atoms with E-state index in [-0.39, 0.29) is 34.8 Å². The molecular weight excluding hydrogens is 319 g/mol. The summed E-state index contributed by atoms with van der Waals surface area (Å²) in [5, 5.41) is -0.385. The van der Waals surface area contributed by atoms with Gasteiger partial charge in [0.2, 0.25) is 0 Å². The Morgan fingerprint density at radius 1 is 0.870 bits per heavy atom. The quantitative estimate of drug-likeness (QED) is 0.313. The van der Waals surface area contributed by atoms with Crippen molar-refractivity contribution in [1.82, 2.24) is 0 Å². The molecule has 0 aliphatic rings. The van der Waals surface area contributed by atoms with Crippen LogP contribution in [0.15, 0.2) is 30.3 Å². The average Bonchev–Trinajstić information content (AvgIpc) is 2.50. The summed E-state index contributed by atoms with van der Waals surface area (Å²) in [4.78, 5) is 0. The summed E-state index contributed by atoms with van der Waals surface area (Å²) < 4.78 is 30.2. The fourth-order valence-electron chi connectivity index (χ4n) is 2.59. The molecule has 0 saturated heterocycles.